The van der Waals surface area contributed by atoms with Crippen molar-refractivity contribution in [3.8, 4) is 0 Å². The van der Waals surface area contributed by atoms with Crippen LogP contribution in [0.3, 0.4) is 0 Å². The highest BCUT2D eigenvalue weighted by atomic mass is 16.5. The molecule has 0 saturated heterocycles. The minimum Gasteiger partial charge on any atom is -0.478 e. The average molecular weight is 263 g/mol. The number of anilines is 1. The molecule has 0 aliphatic heterocycles. The SMILES string of the molecule is COC(C)C(=O)Nc1cc(C)cc(/C=C/C(=O)O)c1. The van der Waals surface area contributed by atoms with Crippen molar-refractivity contribution >= 4 is 23.6 Å². The number of carboxylic acid groups (broad SMARTS) is 1. The van der Waals surface area contributed by atoms with E-state index in [9.17, 15) is 9.59 Å². The lowest BCUT2D eigenvalue weighted by Crippen LogP contribution is -2.26. The van der Waals surface area contributed by atoms with E-state index in [1.807, 2.05) is 13.0 Å². The van der Waals surface area contributed by atoms with Gasteiger partial charge in [-0.25, -0.2) is 4.79 Å². The lowest BCUT2D eigenvalue weighted by Gasteiger charge is -2.11. The fraction of sp³-hybridized carbons (Fsp3) is 0.286. The zero-order chi connectivity index (χ0) is 14.4. The third kappa shape index (κ3) is 4.93. The van der Waals surface area contributed by atoms with Gasteiger partial charge in [0.05, 0.1) is 0 Å². The molecule has 0 heterocycles. The first-order chi connectivity index (χ1) is 8.92. The molecule has 2 N–H and O–H groups in total. The smallest absolute Gasteiger partial charge is 0.328 e. The van der Waals surface area contributed by atoms with Gasteiger partial charge in [0, 0.05) is 18.9 Å². The number of aliphatic carboxylic acids is 1. The van der Waals surface area contributed by atoms with Gasteiger partial charge in [0.15, 0.2) is 0 Å². The van der Waals surface area contributed by atoms with Crippen LogP contribution in [0, 0.1) is 6.92 Å². The van der Waals surface area contributed by atoms with E-state index in [0.717, 1.165) is 11.6 Å². The molecule has 0 saturated carbocycles. The Hall–Kier alpha value is -2.14. The number of carboxylic acids is 1. The highest BCUT2D eigenvalue weighted by Gasteiger charge is 2.11. The molecule has 0 aliphatic rings. The van der Waals surface area contributed by atoms with Crippen LogP contribution in [-0.2, 0) is 14.3 Å². The number of ether oxygens (including phenoxy) is 1. The van der Waals surface area contributed by atoms with Gasteiger partial charge in [0.25, 0.3) is 5.91 Å². The van der Waals surface area contributed by atoms with Gasteiger partial charge in [0.2, 0.25) is 0 Å². The summed E-state index contributed by atoms with van der Waals surface area (Å²) in [6, 6.07) is 5.33. The Bertz CT molecular complexity index is 508. The minimum absolute atomic E-state index is 0.249. The highest BCUT2D eigenvalue weighted by Crippen LogP contribution is 2.16. The standard InChI is InChI=1S/C14H17NO4/c1-9-6-11(4-5-13(16)17)8-12(7-9)15-14(18)10(2)19-3/h4-8,10H,1-3H3,(H,15,18)(H,16,17)/b5-4+. The number of carbonyl (C=O) groups is 2. The van der Waals surface area contributed by atoms with Crippen molar-refractivity contribution in [2.24, 2.45) is 0 Å². The van der Waals surface area contributed by atoms with Gasteiger partial charge in [-0.2, -0.15) is 0 Å². The van der Waals surface area contributed by atoms with Crippen molar-refractivity contribution in [3.05, 3.63) is 35.4 Å². The number of amides is 1. The fourth-order valence-corrected chi connectivity index (χ4v) is 1.50. The summed E-state index contributed by atoms with van der Waals surface area (Å²) in [7, 11) is 1.46. The van der Waals surface area contributed by atoms with Crippen LogP contribution < -0.4 is 5.32 Å². The van der Waals surface area contributed by atoms with E-state index in [1.165, 1.54) is 13.2 Å². The zero-order valence-electron chi connectivity index (χ0n) is 11.1. The largest absolute Gasteiger partial charge is 0.478 e. The summed E-state index contributed by atoms with van der Waals surface area (Å²) in [6.07, 6.45) is 1.99. The van der Waals surface area contributed by atoms with E-state index in [1.54, 1.807) is 19.1 Å². The molecular formula is C14H17NO4. The topological polar surface area (TPSA) is 75.6 Å². The Morgan fingerprint density at radius 2 is 2.05 bits per heavy atom. The molecule has 0 radical (unpaired) electrons. The van der Waals surface area contributed by atoms with Crippen LogP contribution in [0.2, 0.25) is 0 Å². The molecule has 1 aromatic rings. The van der Waals surface area contributed by atoms with Crippen LogP contribution in [0.25, 0.3) is 6.08 Å². The number of aryl methyl sites for hydroxylation is 1. The molecule has 0 bridgehead atoms. The Labute approximate surface area is 111 Å². The van der Waals surface area contributed by atoms with Crippen molar-refractivity contribution in [3.63, 3.8) is 0 Å². The normalized spacial score (nSPS) is 12.4. The van der Waals surface area contributed by atoms with Crippen molar-refractivity contribution in [1.82, 2.24) is 0 Å². The quantitative estimate of drug-likeness (QED) is 0.797. The molecule has 5 nitrogen and oxygen atoms in total. The molecule has 0 spiro atoms. The number of hydrogen-bond acceptors (Lipinski definition) is 3. The summed E-state index contributed by atoms with van der Waals surface area (Å²) in [5.41, 5.74) is 2.25. The van der Waals surface area contributed by atoms with Crippen LogP contribution in [0.5, 0.6) is 0 Å². The summed E-state index contributed by atoms with van der Waals surface area (Å²) >= 11 is 0. The van der Waals surface area contributed by atoms with E-state index in [2.05, 4.69) is 5.32 Å². The van der Waals surface area contributed by atoms with Crippen molar-refractivity contribution < 1.29 is 19.4 Å². The van der Waals surface area contributed by atoms with E-state index < -0.39 is 12.1 Å². The number of benzene rings is 1. The maximum absolute atomic E-state index is 11.7. The van der Waals surface area contributed by atoms with Crippen LogP contribution in [0.1, 0.15) is 18.1 Å². The predicted molar refractivity (Wildman–Crippen MR) is 72.9 cm³/mol. The van der Waals surface area contributed by atoms with Crippen molar-refractivity contribution in [1.29, 1.82) is 0 Å². The molecule has 1 aromatic carbocycles. The maximum Gasteiger partial charge on any atom is 0.328 e. The van der Waals surface area contributed by atoms with E-state index >= 15 is 0 Å². The van der Waals surface area contributed by atoms with Crippen LogP contribution in [0.4, 0.5) is 5.69 Å². The first-order valence-electron chi connectivity index (χ1n) is 5.78. The van der Waals surface area contributed by atoms with Crippen molar-refractivity contribution in [2.75, 3.05) is 12.4 Å². The average Bonchev–Trinajstić information content (AvgIpc) is 2.34. The molecule has 1 rings (SSSR count). The molecule has 1 atom stereocenters. The van der Waals surface area contributed by atoms with Crippen molar-refractivity contribution in [2.45, 2.75) is 20.0 Å². The number of methoxy groups -OCH3 is 1. The second kappa shape index (κ2) is 6.70. The second-order valence-electron chi connectivity index (χ2n) is 4.17. The summed E-state index contributed by atoms with van der Waals surface area (Å²) in [5, 5.41) is 11.3. The third-order valence-corrected chi connectivity index (χ3v) is 2.51. The summed E-state index contributed by atoms with van der Waals surface area (Å²) < 4.78 is 4.92. The maximum atomic E-state index is 11.7. The molecule has 1 amide bonds. The summed E-state index contributed by atoms with van der Waals surface area (Å²) in [6.45, 7) is 3.52. The lowest BCUT2D eigenvalue weighted by atomic mass is 10.1. The van der Waals surface area contributed by atoms with E-state index in [4.69, 9.17) is 9.84 Å². The lowest BCUT2D eigenvalue weighted by molar-refractivity contribution is -0.131. The van der Waals surface area contributed by atoms with Gasteiger partial charge in [-0.15, -0.1) is 0 Å². The molecule has 102 valence electrons. The number of nitrogens with one attached hydrogen (secondary N) is 1. The van der Waals surface area contributed by atoms with Gasteiger partial charge >= 0.3 is 5.97 Å². The number of carbonyl (C=O) groups excluding carboxylic acids is 1. The van der Waals surface area contributed by atoms with Gasteiger partial charge < -0.3 is 15.2 Å². The highest BCUT2D eigenvalue weighted by molar-refractivity contribution is 5.94. The fourth-order valence-electron chi connectivity index (χ4n) is 1.50. The number of rotatable bonds is 5. The van der Waals surface area contributed by atoms with Crippen LogP contribution in [-0.4, -0.2) is 30.2 Å². The molecule has 0 aliphatic carbocycles. The van der Waals surface area contributed by atoms with E-state index in [0.29, 0.717) is 11.3 Å². The monoisotopic (exact) mass is 263 g/mol. The molecule has 0 fully saturated rings. The first-order valence-corrected chi connectivity index (χ1v) is 5.78. The van der Waals surface area contributed by atoms with Gasteiger partial charge in [0.1, 0.15) is 6.10 Å². The Morgan fingerprint density at radius 3 is 2.63 bits per heavy atom. The summed E-state index contributed by atoms with van der Waals surface area (Å²) in [5.74, 6) is -1.26. The predicted octanol–water partition coefficient (Wildman–Crippen LogP) is 2.07. The van der Waals surface area contributed by atoms with E-state index in [-0.39, 0.29) is 5.91 Å². The molecule has 19 heavy (non-hydrogen) atoms. The molecule has 1 unspecified atom stereocenters. The summed E-state index contributed by atoms with van der Waals surface area (Å²) in [4.78, 5) is 22.2. The van der Waals surface area contributed by atoms with Crippen LogP contribution in [0.15, 0.2) is 24.3 Å². The third-order valence-electron chi connectivity index (χ3n) is 2.51. The zero-order valence-corrected chi connectivity index (χ0v) is 11.1. The van der Waals surface area contributed by atoms with Crippen LogP contribution >= 0.6 is 0 Å². The van der Waals surface area contributed by atoms with Gasteiger partial charge in [-0.05, 0) is 43.2 Å². The Balaban J connectivity index is 2.91. The Morgan fingerprint density at radius 1 is 1.37 bits per heavy atom. The molecular weight excluding hydrogens is 246 g/mol. The minimum atomic E-state index is -1.01. The Kier molecular flexibility index (Phi) is 5.26. The number of hydrogen-bond donors (Lipinski definition) is 2. The first kappa shape index (κ1) is 14.9. The van der Waals surface area contributed by atoms with Gasteiger partial charge in [-0.1, -0.05) is 6.07 Å². The van der Waals surface area contributed by atoms with Gasteiger partial charge in [-0.3, -0.25) is 4.79 Å². The second-order valence-corrected chi connectivity index (χ2v) is 4.17. The molecule has 5 heteroatoms. The molecule has 0 aromatic heterocycles.